The number of hydrogen-bond donors (Lipinski definition) is 0. The Hall–Kier alpha value is -2.01. The van der Waals surface area contributed by atoms with Gasteiger partial charge in [0.15, 0.2) is 11.5 Å². The van der Waals surface area contributed by atoms with E-state index in [1.54, 1.807) is 6.08 Å². The van der Waals surface area contributed by atoms with Gasteiger partial charge in [0.25, 0.3) is 0 Å². The molecule has 1 saturated heterocycles. The van der Waals surface area contributed by atoms with Gasteiger partial charge in [0.1, 0.15) is 13.2 Å². The zero-order chi connectivity index (χ0) is 15.4. The van der Waals surface area contributed by atoms with Crippen LogP contribution in [0.2, 0.25) is 0 Å². The second kappa shape index (κ2) is 6.83. The Labute approximate surface area is 131 Å². The van der Waals surface area contributed by atoms with Crippen molar-refractivity contribution in [3.8, 4) is 11.5 Å². The fraction of sp³-hybridized carbons (Fsp3) is 0.471. The second-order valence-corrected chi connectivity index (χ2v) is 5.72. The van der Waals surface area contributed by atoms with Crippen molar-refractivity contribution < 1.29 is 14.3 Å². The Morgan fingerprint density at radius 2 is 1.91 bits per heavy atom. The van der Waals surface area contributed by atoms with Gasteiger partial charge < -0.3 is 19.3 Å². The normalized spacial score (nSPS) is 19.2. The Morgan fingerprint density at radius 3 is 2.77 bits per heavy atom. The minimum atomic E-state index is 0.0742. The molecule has 1 aromatic carbocycles. The average molecular weight is 302 g/mol. The van der Waals surface area contributed by atoms with E-state index < -0.39 is 0 Å². The van der Waals surface area contributed by atoms with Gasteiger partial charge in [0, 0.05) is 25.7 Å². The highest BCUT2D eigenvalue weighted by atomic mass is 16.6. The van der Waals surface area contributed by atoms with Crippen LogP contribution in [-0.2, 0) is 4.79 Å². The number of ether oxygens (including phenoxy) is 2. The third kappa shape index (κ3) is 3.60. The summed E-state index contributed by atoms with van der Waals surface area (Å²) in [5.74, 6) is 1.59. The van der Waals surface area contributed by atoms with Gasteiger partial charge in [-0.05, 0) is 43.8 Å². The first kappa shape index (κ1) is 14.9. The molecule has 0 spiro atoms. The van der Waals surface area contributed by atoms with Crippen LogP contribution in [0.25, 0.3) is 6.08 Å². The molecular weight excluding hydrogens is 280 g/mol. The molecule has 1 amide bonds. The fourth-order valence-electron chi connectivity index (χ4n) is 2.70. The van der Waals surface area contributed by atoms with Crippen LogP contribution >= 0.6 is 0 Å². The zero-order valence-corrected chi connectivity index (χ0v) is 13.0. The summed E-state index contributed by atoms with van der Waals surface area (Å²) in [6.45, 7) is 4.76. The highest BCUT2D eigenvalue weighted by Gasteiger charge is 2.15. The van der Waals surface area contributed by atoms with E-state index in [-0.39, 0.29) is 5.91 Å². The van der Waals surface area contributed by atoms with Gasteiger partial charge >= 0.3 is 0 Å². The molecule has 5 nitrogen and oxygen atoms in total. The Bertz CT molecular complexity index is 571. The summed E-state index contributed by atoms with van der Waals surface area (Å²) < 4.78 is 11.1. The number of carbonyl (C=O) groups is 1. The van der Waals surface area contributed by atoms with Crippen molar-refractivity contribution in [1.82, 2.24) is 9.80 Å². The minimum Gasteiger partial charge on any atom is -0.486 e. The lowest BCUT2D eigenvalue weighted by atomic mass is 10.1. The number of hydrogen-bond acceptors (Lipinski definition) is 4. The Balaban J connectivity index is 1.64. The SMILES string of the molecule is CN1CCCN(C(=O)/C=C/c2ccc3c(c2)OCCO3)CC1. The van der Waals surface area contributed by atoms with Gasteiger partial charge in [0.05, 0.1) is 0 Å². The van der Waals surface area contributed by atoms with Crippen LogP contribution in [0.3, 0.4) is 0 Å². The largest absolute Gasteiger partial charge is 0.486 e. The molecule has 1 aromatic rings. The topological polar surface area (TPSA) is 42.0 Å². The first-order valence-corrected chi connectivity index (χ1v) is 7.77. The van der Waals surface area contributed by atoms with E-state index in [9.17, 15) is 4.79 Å². The predicted molar refractivity (Wildman–Crippen MR) is 85.2 cm³/mol. The molecule has 22 heavy (non-hydrogen) atoms. The van der Waals surface area contributed by atoms with E-state index in [1.807, 2.05) is 29.2 Å². The molecule has 2 heterocycles. The van der Waals surface area contributed by atoms with E-state index in [2.05, 4.69) is 11.9 Å². The molecule has 118 valence electrons. The van der Waals surface area contributed by atoms with E-state index in [4.69, 9.17) is 9.47 Å². The summed E-state index contributed by atoms with van der Waals surface area (Å²) in [5, 5.41) is 0. The lowest BCUT2D eigenvalue weighted by Gasteiger charge is -2.19. The van der Waals surface area contributed by atoms with Gasteiger partial charge in [0.2, 0.25) is 5.91 Å². The molecular formula is C17H22N2O3. The van der Waals surface area contributed by atoms with Crippen molar-refractivity contribution >= 4 is 12.0 Å². The number of nitrogens with zero attached hydrogens (tertiary/aromatic N) is 2. The van der Waals surface area contributed by atoms with Crippen molar-refractivity contribution in [3.63, 3.8) is 0 Å². The number of carbonyl (C=O) groups excluding carboxylic acids is 1. The molecule has 1 fully saturated rings. The van der Waals surface area contributed by atoms with E-state index >= 15 is 0 Å². The number of benzene rings is 1. The van der Waals surface area contributed by atoms with Crippen LogP contribution < -0.4 is 9.47 Å². The number of amides is 1. The first-order valence-electron chi connectivity index (χ1n) is 7.77. The summed E-state index contributed by atoms with van der Waals surface area (Å²) in [6.07, 6.45) is 4.52. The molecule has 3 rings (SSSR count). The lowest BCUT2D eigenvalue weighted by molar-refractivity contribution is -0.125. The molecule has 0 N–H and O–H groups in total. The van der Waals surface area contributed by atoms with Gasteiger partial charge in [-0.25, -0.2) is 0 Å². The number of rotatable bonds is 2. The van der Waals surface area contributed by atoms with Crippen molar-refractivity contribution in [3.05, 3.63) is 29.8 Å². The number of likely N-dealkylation sites (N-methyl/N-ethyl adjacent to an activating group) is 1. The number of fused-ring (bicyclic) bond motifs is 1. The third-order valence-electron chi connectivity index (χ3n) is 4.02. The van der Waals surface area contributed by atoms with Gasteiger partial charge in [-0.3, -0.25) is 4.79 Å². The first-order chi connectivity index (χ1) is 10.7. The van der Waals surface area contributed by atoms with Crippen LogP contribution in [0.1, 0.15) is 12.0 Å². The summed E-state index contributed by atoms with van der Waals surface area (Å²) >= 11 is 0. The maximum atomic E-state index is 12.3. The smallest absolute Gasteiger partial charge is 0.246 e. The van der Waals surface area contributed by atoms with E-state index in [1.165, 1.54) is 0 Å². The quantitative estimate of drug-likeness (QED) is 0.779. The van der Waals surface area contributed by atoms with E-state index in [0.717, 1.165) is 49.7 Å². The van der Waals surface area contributed by atoms with E-state index in [0.29, 0.717) is 13.2 Å². The maximum Gasteiger partial charge on any atom is 0.246 e. The molecule has 0 aliphatic carbocycles. The van der Waals surface area contributed by atoms with Crippen molar-refractivity contribution in [2.75, 3.05) is 46.4 Å². The average Bonchev–Trinajstić information content (AvgIpc) is 2.77. The molecule has 2 aliphatic rings. The summed E-state index contributed by atoms with van der Waals surface area (Å²) in [4.78, 5) is 16.5. The molecule has 0 bridgehead atoms. The van der Waals surface area contributed by atoms with Gasteiger partial charge in [-0.2, -0.15) is 0 Å². The van der Waals surface area contributed by atoms with Crippen LogP contribution in [-0.4, -0.2) is 62.1 Å². The van der Waals surface area contributed by atoms with Crippen LogP contribution in [0.15, 0.2) is 24.3 Å². The van der Waals surface area contributed by atoms with Crippen molar-refractivity contribution in [1.29, 1.82) is 0 Å². The molecule has 0 aromatic heterocycles. The lowest BCUT2D eigenvalue weighted by Crippen LogP contribution is -2.33. The van der Waals surface area contributed by atoms with Crippen LogP contribution in [0.4, 0.5) is 0 Å². The highest BCUT2D eigenvalue weighted by molar-refractivity contribution is 5.91. The van der Waals surface area contributed by atoms with Gasteiger partial charge in [-0.15, -0.1) is 0 Å². The third-order valence-corrected chi connectivity index (χ3v) is 4.02. The predicted octanol–water partition coefficient (Wildman–Crippen LogP) is 1.64. The monoisotopic (exact) mass is 302 g/mol. The Kier molecular flexibility index (Phi) is 4.63. The molecule has 0 unspecified atom stereocenters. The summed E-state index contributed by atoms with van der Waals surface area (Å²) in [6, 6.07) is 5.74. The van der Waals surface area contributed by atoms with Crippen molar-refractivity contribution in [2.24, 2.45) is 0 Å². The zero-order valence-electron chi connectivity index (χ0n) is 13.0. The minimum absolute atomic E-state index is 0.0742. The maximum absolute atomic E-state index is 12.3. The second-order valence-electron chi connectivity index (χ2n) is 5.72. The summed E-state index contributed by atoms with van der Waals surface area (Å²) in [5.41, 5.74) is 0.949. The van der Waals surface area contributed by atoms with Gasteiger partial charge in [-0.1, -0.05) is 6.07 Å². The molecule has 0 saturated carbocycles. The fourth-order valence-corrected chi connectivity index (χ4v) is 2.70. The van der Waals surface area contributed by atoms with Crippen LogP contribution in [0, 0.1) is 0 Å². The molecule has 0 atom stereocenters. The molecule has 5 heteroatoms. The molecule has 0 radical (unpaired) electrons. The standard InChI is InChI=1S/C17H22N2O3/c1-18-7-2-8-19(10-9-18)17(20)6-4-14-3-5-15-16(13-14)22-12-11-21-15/h3-6,13H,2,7-12H2,1H3/b6-4+. The van der Waals surface area contributed by atoms with Crippen molar-refractivity contribution in [2.45, 2.75) is 6.42 Å². The summed E-state index contributed by atoms with van der Waals surface area (Å²) in [7, 11) is 2.10. The highest BCUT2D eigenvalue weighted by Crippen LogP contribution is 2.31. The Morgan fingerprint density at radius 1 is 1.09 bits per heavy atom. The molecule has 2 aliphatic heterocycles. The van der Waals surface area contributed by atoms with Crippen LogP contribution in [0.5, 0.6) is 11.5 Å².